The topological polar surface area (TPSA) is 167 Å². The number of hydrogen-bond donors (Lipinski definition) is 4. The molecule has 0 spiro atoms. The van der Waals surface area contributed by atoms with Gasteiger partial charge in [0.25, 0.3) is 0 Å². The molecule has 0 atom stereocenters. The first-order valence-electron chi connectivity index (χ1n) is 21.3. The van der Waals surface area contributed by atoms with Crippen LogP contribution in [0.2, 0.25) is 0 Å². The van der Waals surface area contributed by atoms with Gasteiger partial charge in [-0.15, -0.1) is 0 Å². The van der Waals surface area contributed by atoms with Gasteiger partial charge in [0.05, 0.1) is 33.6 Å². The number of nitrogens with zero attached hydrogens (tertiary/aromatic N) is 6. The monoisotopic (exact) mass is 818 g/mol. The number of fused-ring (bicyclic) bond motifs is 2. The number of para-hydroxylation sites is 2. The van der Waals surface area contributed by atoms with E-state index in [4.69, 9.17) is 0 Å². The molecule has 2 fully saturated rings. The zero-order chi connectivity index (χ0) is 42.7. The van der Waals surface area contributed by atoms with E-state index in [0.29, 0.717) is 11.1 Å². The number of aromatic nitrogens is 2. The second kappa shape index (κ2) is 20.1. The highest BCUT2D eigenvalue weighted by molar-refractivity contribution is 5.96. The van der Waals surface area contributed by atoms with Gasteiger partial charge in [-0.3, -0.25) is 9.80 Å². The molecule has 0 aliphatic carbocycles. The number of piperazine rings is 2. The van der Waals surface area contributed by atoms with Gasteiger partial charge in [0.2, 0.25) is 0 Å². The number of nitrogens with one attached hydrogen (secondary N) is 2. The Hall–Kier alpha value is -6.60. The van der Waals surface area contributed by atoms with E-state index in [2.05, 4.69) is 48.6 Å². The van der Waals surface area contributed by atoms with Crippen LogP contribution < -0.4 is 9.80 Å². The van der Waals surface area contributed by atoms with Crippen LogP contribution in [0.25, 0.3) is 21.8 Å². The Morgan fingerprint density at radius 3 is 1.64 bits per heavy atom. The predicted octanol–water partition coefficient (Wildman–Crippen LogP) is 8.07. The van der Waals surface area contributed by atoms with Crippen LogP contribution in [0.4, 0.5) is 11.4 Å². The van der Waals surface area contributed by atoms with Crippen LogP contribution in [0.1, 0.15) is 74.3 Å². The molecule has 314 valence electrons. The molecule has 61 heavy (non-hydrogen) atoms. The molecule has 6 aromatic rings. The number of aromatic carboxylic acids is 2. The Morgan fingerprint density at radius 1 is 0.623 bits per heavy atom. The van der Waals surface area contributed by atoms with Crippen LogP contribution in [0.15, 0.2) is 91.1 Å². The van der Waals surface area contributed by atoms with Crippen molar-refractivity contribution in [2.75, 3.05) is 75.2 Å². The quantitative estimate of drug-likeness (QED) is 0.0790. The number of H-pyrrole nitrogens is 2. The fourth-order valence-corrected chi connectivity index (χ4v) is 8.76. The minimum atomic E-state index is -0.888. The van der Waals surface area contributed by atoms with Crippen molar-refractivity contribution in [3.63, 3.8) is 0 Å². The van der Waals surface area contributed by atoms with E-state index in [0.717, 1.165) is 154 Å². The zero-order valence-corrected chi connectivity index (χ0v) is 34.9. The number of aryl methyl sites for hydroxylation is 3. The molecule has 2 aromatic heterocycles. The number of carbonyl (C=O) groups is 2. The van der Waals surface area contributed by atoms with Gasteiger partial charge < -0.3 is 30.0 Å². The normalized spacial score (nSPS) is 14.7. The highest BCUT2D eigenvalue weighted by Gasteiger charge is 2.21. The molecule has 8 rings (SSSR count). The number of anilines is 2. The van der Waals surface area contributed by atoms with E-state index >= 15 is 0 Å². The molecule has 0 saturated carbocycles. The summed E-state index contributed by atoms with van der Waals surface area (Å²) in [6.45, 7) is 12.0. The van der Waals surface area contributed by atoms with E-state index in [1.165, 1.54) is 11.1 Å². The van der Waals surface area contributed by atoms with Crippen LogP contribution in [0, 0.1) is 29.6 Å². The molecule has 12 heteroatoms. The summed E-state index contributed by atoms with van der Waals surface area (Å²) in [5.41, 5.74) is 9.79. The standard InChI is InChI=1S/C25H28N4O2.C24H26N4O2/c1-18-21(22-16-19(25(30)31)9-10-23(22)27-18)7-4-5-11-28-12-14-29(15-13-28)24-8-3-2-6-20(24)17-26;25-16-19-5-1-2-7-23(19)28-13-11-27(12-14-28)10-4-3-6-20-17-26-22-9-8-18(24(29)30)15-21(20)22/h2-3,6,8-10,16,27H,4-5,7,11-15H2,1H3,(H,30,31);1-2,5,7-9,15,17,26H,3-4,6,10-14H2,(H,29,30). The molecule has 4 aromatic carbocycles. The van der Waals surface area contributed by atoms with Gasteiger partial charge in [0.15, 0.2) is 0 Å². The van der Waals surface area contributed by atoms with E-state index in [1.54, 1.807) is 24.3 Å². The summed E-state index contributed by atoms with van der Waals surface area (Å²) in [7, 11) is 0. The zero-order valence-electron chi connectivity index (χ0n) is 34.9. The first kappa shape index (κ1) is 42.5. The van der Waals surface area contributed by atoms with Gasteiger partial charge in [0.1, 0.15) is 12.1 Å². The third-order valence-electron chi connectivity index (χ3n) is 12.2. The summed E-state index contributed by atoms with van der Waals surface area (Å²) < 4.78 is 0. The van der Waals surface area contributed by atoms with Crippen LogP contribution in [0.3, 0.4) is 0 Å². The number of aromatic amines is 2. The number of rotatable bonds is 14. The molecule has 2 aliphatic rings. The second-order valence-electron chi connectivity index (χ2n) is 16.0. The molecule has 12 nitrogen and oxygen atoms in total. The average molecular weight is 819 g/mol. The van der Waals surface area contributed by atoms with E-state index in [9.17, 15) is 30.3 Å². The van der Waals surface area contributed by atoms with Gasteiger partial charge >= 0.3 is 11.9 Å². The molecule has 0 bridgehead atoms. The number of carboxylic acids is 2. The first-order valence-corrected chi connectivity index (χ1v) is 21.3. The molecular formula is C49H54N8O4. The Bertz CT molecular complexity index is 2550. The Kier molecular flexibility index (Phi) is 14.0. The number of carboxylic acid groups (broad SMARTS) is 2. The largest absolute Gasteiger partial charge is 0.478 e. The van der Waals surface area contributed by atoms with Gasteiger partial charge in [-0.1, -0.05) is 24.3 Å². The van der Waals surface area contributed by atoms with Crippen molar-refractivity contribution in [1.82, 2.24) is 19.8 Å². The van der Waals surface area contributed by atoms with E-state index in [1.807, 2.05) is 66.9 Å². The Labute approximate surface area is 357 Å². The lowest BCUT2D eigenvalue weighted by molar-refractivity contribution is 0.0686. The van der Waals surface area contributed by atoms with Crippen LogP contribution in [-0.2, 0) is 12.8 Å². The molecule has 2 aliphatic heterocycles. The fourth-order valence-electron chi connectivity index (χ4n) is 8.76. The Morgan fingerprint density at radius 2 is 1.11 bits per heavy atom. The van der Waals surface area contributed by atoms with Crippen molar-refractivity contribution in [3.8, 4) is 12.1 Å². The maximum absolute atomic E-state index is 11.3. The van der Waals surface area contributed by atoms with Crippen molar-refractivity contribution in [1.29, 1.82) is 10.5 Å². The van der Waals surface area contributed by atoms with Crippen molar-refractivity contribution in [2.24, 2.45) is 0 Å². The molecule has 0 radical (unpaired) electrons. The Balaban J connectivity index is 0.000000184. The SMILES string of the molecule is Cc1[nH]c2ccc(C(=O)O)cc2c1CCCCN1CCN(c2ccccc2C#N)CC1.N#Cc1ccccc1N1CCN(CCCCc2c[nH]c3ccc(C(=O)O)cc23)CC1. The van der Waals surface area contributed by atoms with Gasteiger partial charge in [0, 0.05) is 86.1 Å². The van der Waals surface area contributed by atoms with Crippen molar-refractivity contribution in [2.45, 2.75) is 45.4 Å². The van der Waals surface area contributed by atoms with Crippen molar-refractivity contribution >= 4 is 45.1 Å². The lowest BCUT2D eigenvalue weighted by atomic mass is 10.0. The summed E-state index contributed by atoms with van der Waals surface area (Å²) >= 11 is 0. The van der Waals surface area contributed by atoms with Crippen molar-refractivity contribution < 1.29 is 19.8 Å². The highest BCUT2D eigenvalue weighted by Crippen LogP contribution is 2.27. The average Bonchev–Trinajstić information content (AvgIpc) is 3.85. The maximum atomic E-state index is 11.3. The van der Waals surface area contributed by atoms with Crippen LogP contribution in [0.5, 0.6) is 0 Å². The highest BCUT2D eigenvalue weighted by atomic mass is 16.4. The van der Waals surface area contributed by atoms with E-state index < -0.39 is 11.9 Å². The molecular weight excluding hydrogens is 765 g/mol. The number of hydrogen-bond acceptors (Lipinski definition) is 8. The number of nitriles is 2. The lowest BCUT2D eigenvalue weighted by Crippen LogP contribution is -2.46. The third kappa shape index (κ3) is 10.4. The summed E-state index contributed by atoms with van der Waals surface area (Å²) in [5.74, 6) is -1.77. The molecule has 4 heterocycles. The summed E-state index contributed by atoms with van der Waals surface area (Å²) in [6.07, 6.45) is 8.26. The molecule has 4 N–H and O–H groups in total. The van der Waals surface area contributed by atoms with E-state index in [-0.39, 0.29) is 0 Å². The summed E-state index contributed by atoms with van der Waals surface area (Å²) in [4.78, 5) is 38.8. The molecule has 0 amide bonds. The third-order valence-corrected chi connectivity index (χ3v) is 12.2. The smallest absolute Gasteiger partial charge is 0.335 e. The number of benzene rings is 4. The molecule has 2 saturated heterocycles. The fraction of sp³-hybridized carbons (Fsp3) is 0.347. The second-order valence-corrected chi connectivity index (χ2v) is 16.0. The van der Waals surface area contributed by atoms with Gasteiger partial charge in [-0.25, -0.2) is 9.59 Å². The summed E-state index contributed by atoms with van der Waals surface area (Å²) in [6, 6.07) is 30.8. The van der Waals surface area contributed by atoms with Gasteiger partial charge in [-0.2, -0.15) is 10.5 Å². The minimum Gasteiger partial charge on any atom is -0.478 e. The van der Waals surface area contributed by atoms with Crippen LogP contribution >= 0.6 is 0 Å². The van der Waals surface area contributed by atoms with Crippen LogP contribution in [-0.4, -0.2) is 107 Å². The lowest BCUT2D eigenvalue weighted by Gasteiger charge is -2.36. The molecule has 0 unspecified atom stereocenters. The predicted molar refractivity (Wildman–Crippen MR) is 241 cm³/mol. The van der Waals surface area contributed by atoms with Gasteiger partial charge in [-0.05, 0) is 130 Å². The first-order chi connectivity index (χ1) is 29.7. The maximum Gasteiger partial charge on any atom is 0.335 e. The van der Waals surface area contributed by atoms with Crippen molar-refractivity contribution in [3.05, 3.63) is 130 Å². The summed E-state index contributed by atoms with van der Waals surface area (Å²) in [5, 5.41) is 39.2. The number of unbranched alkanes of at least 4 members (excludes halogenated alkanes) is 2. The minimum absolute atomic E-state index is 0.333.